The van der Waals surface area contributed by atoms with Crippen molar-refractivity contribution in [2.45, 2.75) is 32.7 Å². The number of nitrogens with zero attached hydrogens (tertiary/aromatic N) is 1. The van der Waals surface area contributed by atoms with Gasteiger partial charge in [0.2, 0.25) is 0 Å². The minimum atomic E-state index is 0.157. The topological polar surface area (TPSA) is 34.2 Å². The Kier molecular flexibility index (Phi) is 6.03. The van der Waals surface area contributed by atoms with Crippen LogP contribution in [0.15, 0.2) is 23.6 Å². The molecule has 0 aliphatic rings. The van der Waals surface area contributed by atoms with Gasteiger partial charge in [0.1, 0.15) is 5.75 Å². The molecule has 1 aromatic heterocycles. The molecule has 0 saturated heterocycles. The van der Waals surface area contributed by atoms with Crippen LogP contribution in [0.25, 0.3) is 0 Å². The van der Waals surface area contributed by atoms with Gasteiger partial charge in [-0.1, -0.05) is 18.5 Å². The lowest BCUT2D eigenvalue weighted by molar-refractivity contribution is 0.398. The van der Waals surface area contributed by atoms with E-state index in [9.17, 15) is 0 Å². The molecule has 0 fully saturated rings. The van der Waals surface area contributed by atoms with Crippen LogP contribution in [0.1, 0.15) is 35.7 Å². The summed E-state index contributed by atoms with van der Waals surface area (Å²) in [7, 11) is 1.69. The van der Waals surface area contributed by atoms with Crippen molar-refractivity contribution < 1.29 is 4.74 Å². The molecule has 2 rings (SSSR count). The van der Waals surface area contributed by atoms with Crippen molar-refractivity contribution in [2.24, 2.45) is 0 Å². The van der Waals surface area contributed by atoms with Crippen LogP contribution in [-0.4, -0.2) is 18.6 Å². The number of thiazole rings is 1. The van der Waals surface area contributed by atoms with Gasteiger partial charge in [-0.3, -0.25) is 0 Å². The Bertz CT molecular complexity index is 585. The SMILES string of the molecule is CCCNC(Cc1nc(C)cs1)c1cc(Cl)ccc1OC. The second-order valence-electron chi connectivity index (χ2n) is 4.98. The quantitative estimate of drug-likeness (QED) is 0.819. The number of rotatable bonds is 7. The lowest BCUT2D eigenvalue weighted by atomic mass is 10.0. The minimum Gasteiger partial charge on any atom is -0.496 e. The molecule has 0 saturated carbocycles. The van der Waals surface area contributed by atoms with Gasteiger partial charge in [-0.05, 0) is 38.1 Å². The third-order valence-corrected chi connectivity index (χ3v) is 4.48. The number of hydrogen-bond acceptors (Lipinski definition) is 4. The predicted molar refractivity (Wildman–Crippen MR) is 89.6 cm³/mol. The fourth-order valence-corrected chi connectivity index (χ4v) is 3.26. The van der Waals surface area contributed by atoms with E-state index < -0.39 is 0 Å². The molecule has 0 bridgehead atoms. The molecule has 5 heteroatoms. The Morgan fingerprint density at radius 3 is 2.86 bits per heavy atom. The summed E-state index contributed by atoms with van der Waals surface area (Å²) >= 11 is 7.86. The molecular weight excluding hydrogens is 304 g/mol. The zero-order valence-corrected chi connectivity index (χ0v) is 14.2. The van der Waals surface area contributed by atoms with E-state index in [0.29, 0.717) is 0 Å². The zero-order valence-electron chi connectivity index (χ0n) is 12.6. The number of aromatic nitrogens is 1. The maximum absolute atomic E-state index is 6.16. The van der Waals surface area contributed by atoms with E-state index in [1.807, 2.05) is 25.1 Å². The number of ether oxygens (including phenoxy) is 1. The number of benzene rings is 1. The second-order valence-corrected chi connectivity index (χ2v) is 6.36. The predicted octanol–water partition coefficient (Wildman–Crippen LogP) is 4.40. The van der Waals surface area contributed by atoms with Crippen LogP contribution in [0.3, 0.4) is 0 Å². The van der Waals surface area contributed by atoms with Gasteiger partial charge in [0, 0.05) is 34.1 Å². The Morgan fingerprint density at radius 1 is 1.43 bits per heavy atom. The summed E-state index contributed by atoms with van der Waals surface area (Å²) in [6.45, 7) is 5.13. The van der Waals surface area contributed by atoms with Crippen molar-refractivity contribution >= 4 is 22.9 Å². The third kappa shape index (κ3) is 4.43. The minimum absolute atomic E-state index is 0.157. The first-order valence-corrected chi connectivity index (χ1v) is 8.37. The van der Waals surface area contributed by atoms with E-state index in [4.69, 9.17) is 16.3 Å². The summed E-state index contributed by atoms with van der Waals surface area (Å²) < 4.78 is 5.49. The lowest BCUT2D eigenvalue weighted by Crippen LogP contribution is -2.24. The highest BCUT2D eigenvalue weighted by molar-refractivity contribution is 7.09. The van der Waals surface area contributed by atoms with Gasteiger partial charge < -0.3 is 10.1 Å². The maximum atomic E-state index is 6.16. The van der Waals surface area contributed by atoms with Gasteiger partial charge in [-0.25, -0.2) is 4.98 Å². The largest absolute Gasteiger partial charge is 0.496 e. The average molecular weight is 325 g/mol. The standard InChI is InChI=1S/C16H21ClN2OS/c1-4-7-18-14(9-16-19-11(2)10-21-16)13-8-12(17)5-6-15(13)20-3/h5-6,8,10,14,18H,4,7,9H2,1-3H3. The van der Waals surface area contributed by atoms with Crippen molar-refractivity contribution in [1.29, 1.82) is 0 Å². The Labute approximate surface area is 135 Å². The molecule has 21 heavy (non-hydrogen) atoms. The average Bonchev–Trinajstić information content (AvgIpc) is 2.88. The highest BCUT2D eigenvalue weighted by Crippen LogP contribution is 2.31. The molecule has 0 aliphatic carbocycles. The van der Waals surface area contributed by atoms with E-state index in [1.165, 1.54) is 0 Å². The molecular formula is C16H21ClN2OS. The highest BCUT2D eigenvalue weighted by Gasteiger charge is 2.18. The molecule has 0 aliphatic heterocycles. The molecule has 114 valence electrons. The summed E-state index contributed by atoms with van der Waals surface area (Å²) in [5.74, 6) is 0.862. The summed E-state index contributed by atoms with van der Waals surface area (Å²) in [5.41, 5.74) is 2.16. The molecule has 1 unspecified atom stereocenters. The molecule has 1 N–H and O–H groups in total. The van der Waals surface area contributed by atoms with Crippen LogP contribution in [0, 0.1) is 6.92 Å². The molecule has 1 heterocycles. The fraction of sp³-hybridized carbons (Fsp3) is 0.438. The van der Waals surface area contributed by atoms with Crippen molar-refractivity contribution in [1.82, 2.24) is 10.3 Å². The Morgan fingerprint density at radius 2 is 2.24 bits per heavy atom. The first kappa shape index (κ1) is 16.3. The number of halogens is 1. The van der Waals surface area contributed by atoms with E-state index in [-0.39, 0.29) is 6.04 Å². The molecule has 2 aromatic rings. The van der Waals surface area contributed by atoms with Crippen LogP contribution in [0.4, 0.5) is 0 Å². The highest BCUT2D eigenvalue weighted by atomic mass is 35.5. The Balaban J connectivity index is 2.28. The van der Waals surface area contributed by atoms with Crippen molar-refractivity contribution in [3.8, 4) is 5.75 Å². The van der Waals surface area contributed by atoms with Crippen LogP contribution < -0.4 is 10.1 Å². The van der Waals surface area contributed by atoms with Crippen LogP contribution >= 0.6 is 22.9 Å². The van der Waals surface area contributed by atoms with Gasteiger partial charge in [-0.2, -0.15) is 0 Å². The fourth-order valence-electron chi connectivity index (χ4n) is 2.26. The maximum Gasteiger partial charge on any atom is 0.123 e. The van der Waals surface area contributed by atoms with Crippen LogP contribution in [-0.2, 0) is 6.42 Å². The smallest absolute Gasteiger partial charge is 0.123 e. The van der Waals surface area contributed by atoms with Crippen molar-refractivity contribution in [3.05, 3.63) is 44.9 Å². The van der Waals surface area contributed by atoms with Gasteiger partial charge in [-0.15, -0.1) is 11.3 Å². The van der Waals surface area contributed by atoms with Gasteiger partial charge in [0.05, 0.1) is 12.1 Å². The summed E-state index contributed by atoms with van der Waals surface area (Å²) in [6.07, 6.45) is 1.92. The molecule has 1 aromatic carbocycles. The lowest BCUT2D eigenvalue weighted by Gasteiger charge is -2.20. The van der Waals surface area contributed by atoms with Gasteiger partial charge >= 0.3 is 0 Å². The van der Waals surface area contributed by atoms with E-state index in [2.05, 4.69) is 22.6 Å². The van der Waals surface area contributed by atoms with Crippen LogP contribution in [0.2, 0.25) is 5.02 Å². The first-order chi connectivity index (χ1) is 10.1. The number of hydrogen-bond donors (Lipinski definition) is 1. The van der Waals surface area contributed by atoms with Crippen LogP contribution in [0.5, 0.6) is 5.75 Å². The summed E-state index contributed by atoms with van der Waals surface area (Å²) in [4.78, 5) is 4.57. The number of aryl methyl sites for hydroxylation is 1. The van der Waals surface area contributed by atoms with Gasteiger partial charge in [0.25, 0.3) is 0 Å². The molecule has 0 spiro atoms. The normalized spacial score (nSPS) is 12.4. The number of nitrogens with one attached hydrogen (secondary N) is 1. The second kappa shape index (κ2) is 7.78. The van der Waals surface area contributed by atoms with Gasteiger partial charge in [0.15, 0.2) is 0 Å². The summed E-state index contributed by atoms with van der Waals surface area (Å²) in [6, 6.07) is 5.91. The molecule has 3 nitrogen and oxygen atoms in total. The third-order valence-electron chi connectivity index (χ3n) is 3.25. The first-order valence-electron chi connectivity index (χ1n) is 7.11. The van der Waals surface area contributed by atoms with E-state index in [1.54, 1.807) is 18.4 Å². The molecule has 0 radical (unpaired) electrons. The Hall–Kier alpha value is -1.10. The number of methoxy groups -OCH3 is 1. The monoisotopic (exact) mass is 324 g/mol. The molecule has 0 amide bonds. The van der Waals surface area contributed by atoms with E-state index in [0.717, 1.165) is 46.4 Å². The zero-order chi connectivity index (χ0) is 15.2. The van der Waals surface area contributed by atoms with Crippen molar-refractivity contribution in [2.75, 3.05) is 13.7 Å². The van der Waals surface area contributed by atoms with E-state index >= 15 is 0 Å². The molecule has 1 atom stereocenters. The van der Waals surface area contributed by atoms with Crippen molar-refractivity contribution in [3.63, 3.8) is 0 Å². The summed E-state index contributed by atoms with van der Waals surface area (Å²) in [5, 5.41) is 7.51.